The molecule has 0 N–H and O–H groups in total. The van der Waals surface area contributed by atoms with Crippen LogP contribution in [-0.2, 0) is 4.79 Å². The van der Waals surface area contributed by atoms with Crippen molar-refractivity contribution in [2.24, 2.45) is 0 Å². The first-order chi connectivity index (χ1) is 7.81. The summed E-state index contributed by atoms with van der Waals surface area (Å²) in [5.41, 5.74) is 0. The van der Waals surface area contributed by atoms with Gasteiger partial charge >= 0.3 is 0 Å². The molecule has 16 heavy (non-hydrogen) atoms. The van der Waals surface area contributed by atoms with E-state index in [4.69, 9.17) is 0 Å². The largest absolute Gasteiger partial charge is 0.280 e. The van der Waals surface area contributed by atoms with Gasteiger partial charge in [-0.1, -0.05) is 30.7 Å². The van der Waals surface area contributed by atoms with Gasteiger partial charge < -0.3 is 0 Å². The number of carbonyl (C=O) groups excluding carboxylic acids is 1. The van der Waals surface area contributed by atoms with Crippen molar-refractivity contribution < 1.29 is 4.79 Å². The molecule has 0 radical (unpaired) electrons. The molecule has 0 rings (SSSR count). The predicted octanol–water partition coefficient (Wildman–Crippen LogP) is 3.05. The Morgan fingerprint density at radius 1 is 1.12 bits per heavy atom. The molecule has 0 aromatic carbocycles. The van der Waals surface area contributed by atoms with Gasteiger partial charge in [-0.25, -0.2) is 0 Å². The molecule has 0 aliphatic heterocycles. The SMILES string of the molecule is C=CCCC/C=C\CC#CC#CC(=O)C=C. The highest BCUT2D eigenvalue weighted by molar-refractivity contribution is 6.04. The molecule has 82 valence electrons. The van der Waals surface area contributed by atoms with Gasteiger partial charge in [-0.15, -0.1) is 6.58 Å². The van der Waals surface area contributed by atoms with Crippen molar-refractivity contribution in [2.75, 3.05) is 0 Å². The summed E-state index contributed by atoms with van der Waals surface area (Å²) in [7, 11) is 0. The summed E-state index contributed by atoms with van der Waals surface area (Å²) in [6, 6.07) is 0. The fourth-order valence-electron chi connectivity index (χ4n) is 0.879. The smallest absolute Gasteiger partial charge is 0.229 e. The van der Waals surface area contributed by atoms with E-state index in [2.05, 4.69) is 42.9 Å². The molecule has 0 spiro atoms. The monoisotopic (exact) mass is 212 g/mol. The zero-order valence-electron chi connectivity index (χ0n) is 9.46. The average Bonchev–Trinajstić information content (AvgIpc) is 2.31. The molecule has 0 aliphatic carbocycles. The van der Waals surface area contributed by atoms with Crippen molar-refractivity contribution in [1.29, 1.82) is 0 Å². The molecular weight excluding hydrogens is 196 g/mol. The third kappa shape index (κ3) is 10.1. The maximum Gasteiger partial charge on any atom is 0.229 e. The van der Waals surface area contributed by atoms with E-state index in [9.17, 15) is 4.79 Å². The number of hydrogen-bond donors (Lipinski definition) is 0. The van der Waals surface area contributed by atoms with Crippen LogP contribution in [0, 0.1) is 23.7 Å². The lowest BCUT2D eigenvalue weighted by Crippen LogP contribution is -1.81. The van der Waals surface area contributed by atoms with Crippen molar-refractivity contribution in [3.63, 3.8) is 0 Å². The van der Waals surface area contributed by atoms with Gasteiger partial charge in [0.25, 0.3) is 0 Å². The fourth-order valence-corrected chi connectivity index (χ4v) is 0.879. The first-order valence-electron chi connectivity index (χ1n) is 5.22. The van der Waals surface area contributed by atoms with Gasteiger partial charge in [-0.3, -0.25) is 4.79 Å². The molecule has 0 aromatic heterocycles. The molecule has 0 saturated carbocycles. The minimum absolute atomic E-state index is 0.297. The Morgan fingerprint density at radius 2 is 1.94 bits per heavy atom. The van der Waals surface area contributed by atoms with E-state index in [1.54, 1.807) is 0 Å². The third-order valence-electron chi connectivity index (χ3n) is 1.69. The van der Waals surface area contributed by atoms with E-state index < -0.39 is 0 Å². The summed E-state index contributed by atoms with van der Waals surface area (Å²) >= 11 is 0. The van der Waals surface area contributed by atoms with Gasteiger partial charge in [0.2, 0.25) is 5.78 Å². The number of carbonyl (C=O) groups is 1. The number of rotatable bonds is 6. The van der Waals surface area contributed by atoms with Crippen LogP contribution in [0.4, 0.5) is 0 Å². The first kappa shape index (κ1) is 14.0. The van der Waals surface area contributed by atoms with E-state index in [1.165, 1.54) is 6.08 Å². The van der Waals surface area contributed by atoms with Gasteiger partial charge in [0.15, 0.2) is 0 Å². The molecule has 0 fully saturated rings. The van der Waals surface area contributed by atoms with E-state index >= 15 is 0 Å². The van der Waals surface area contributed by atoms with E-state index in [0.717, 1.165) is 19.3 Å². The van der Waals surface area contributed by atoms with Crippen LogP contribution in [0.1, 0.15) is 25.7 Å². The summed E-state index contributed by atoms with van der Waals surface area (Å²) in [5.74, 6) is 9.95. The minimum Gasteiger partial charge on any atom is -0.280 e. The normalized spacial score (nSPS) is 8.50. The average molecular weight is 212 g/mol. The van der Waals surface area contributed by atoms with Gasteiger partial charge in [0.1, 0.15) is 0 Å². The first-order valence-corrected chi connectivity index (χ1v) is 5.22. The van der Waals surface area contributed by atoms with Crippen LogP contribution in [0.25, 0.3) is 0 Å². The van der Waals surface area contributed by atoms with Gasteiger partial charge in [-0.2, -0.15) is 0 Å². The lowest BCUT2D eigenvalue weighted by Gasteiger charge is -1.87. The fraction of sp³-hybridized carbons (Fsp3) is 0.267. The van der Waals surface area contributed by atoms with E-state index in [0.29, 0.717) is 6.42 Å². The Bertz CT molecular complexity index is 377. The Morgan fingerprint density at radius 3 is 2.62 bits per heavy atom. The summed E-state index contributed by atoms with van der Waals surface area (Å²) in [4.78, 5) is 10.7. The topological polar surface area (TPSA) is 17.1 Å². The van der Waals surface area contributed by atoms with Crippen molar-refractivity contribution >= 4 is 5.78 Å². The zero-order valence-corrected chi connectivity index (χ0v) is 9.46. The van der Waals surface area contributed by atoms with Crippen LogP contribution >= 0.6 is 0 Å². The summed E-state index contributed by atoms with van der Waals surface area (Å²) in [6.07, 6.45) is 11.1. The Balaban J connectivity index is 3.67. The molecular formula is C15H16O. The maximum atomic E-state index is 10.7. The number of hydrogen-bond acceptors (Lipinski definition) is 1. The summed E-state index contributed by atoms with van der Waals surface area (Å²) < 4.78 is 0. The Labute approximate surface area is 97.9 Å². The molecule has 0 amide bonds. The lowest BCUT2D eigenvalue weighted by atomic mass is 10.2. The van der Waals surface area contributed by atoms with Crippen LogP contribution in [0.15, 0.2) is 37.5 Å². The summed E-state index contributed by atoms with van der Waals surface area (Å²) in [6.45, 7) is 6.96. The molecule has 0 unspecified atom stereocenters. The number of allylic oxidation sites excluding steroid dienone is 4. The predicted molar refractivity (Wildman–Crippen MR) is 68.6 cm³/mol. The molecule has 0 bridgehead atoms. The highest BCUT2D eigenvalue weighted by Crippen LogP contribution is 1.97. The second kappa shape index (κ2) is 11.1. The molecule has 1 nitrogen and oxygen atoms in total. The van der Waals surface area contributed by atoms with E-state index in [-0.39, 0.29) is 5.78 Å². The van der Waals surface area contributed by atoms with Gasteiger partial charge in [-0.05, 0) is 43.1 Å². The second-order valence-electron chi connectivity index (χ2n) is 3.02. The zero-order chi connectivity index (χ0) is 12.1. The molecule has 1 heteroatoms. The quantitative estimate of drug-likeness (QED) is 0.217. The van der Waals surface area contributed by atoms with Crippen molar-refractivity contribution in [3.8, 4) is 23.7 Å². The second-order valence-corrected chi connectivity index (χ2v) is 3.02. The van der Waals surface area contributed by atoms with Crippen molar-refractivity contribution in [2.45, 2.75) is 25.7 Å². The molecule has 0 heterocycles. The van der Waals surface area contributed by atoms with E-state index in [1.807, 2.05) is 12.2 Å². The standard InChI is InChI=1S/C15H16O/c1-3-5-6-7-8-9-10-11-12-13-14-15(16)4-2/h3-4,8-9H,1-2,5-7,10H2/b9-8-. The Hall–Kier alpha value is -1.99. The number of unbranched alkanes of at least 4 members (excludes halogenated alkanes) is 2. The molecule has 0 aromatic rings. The lowest BCUT2D eigenvalue weighted by molar-refractivity contribution is -0.109. The van der Waals surface area contributed by atoms with Crippen molar-refractivity contribution in [1.82, 2.24) is 0 Å². The molecule has 0 atom stereocenters. The van der Waals surface area contributed by atoms with Gasteiger partial charge in [0, 0.05) is 6.42 Å². The van der Waals surface area contributed by atoms with Crippen LogP contribution in [-0.4, -0.2) is 5.78 Å². The number of ketones is 1. The van der Waals surface area contributed by atoms with Crippen LogP contribution in [0.2, 0.25) is 0 Å². The molecule has 0 aliphatic rings. The van der Waals surface area contributed by atoms with Crippen molar-refractivity contribution in [3.05, 3.63) is 37.5 Å². The van der Waals surface area contributed by atoms with Crippen LogP contribution in [0.3, 0.4) is 0 Å². The Kier molecular flexibility index (Phi) is 9.71. The minimum atomic E-state index is -0.297. The highest BCUT2D eigenvalue weighted by atomic mass is 16.1. The maximum absolute atomic E-state index is 10.7. The summed E-state index contributed by atoms with van der Waals surface area (Å²) in [5, 5.41) is 0. The van der Waals surface area contributed by atoms with Gasteiger partial charge in [0.05, 0.1) is 0 Å². The highest BCUT2D eigenvalue weighted by Gasteiger charge is 1.80. The third-order valence-corrected chi connectivity index (χ3v) is 1.69. The van der Waals surface area contributed by atoms with Crippen LogP contribution < -0.4 is 0 Å². The molecule has 0 saturated heterocycles. The van der Waals surface area contributed by atoms with Crippen LogP contribution in [0.5, 0.6) is 0 Å².